The third-order valence-electron chi connectivity index (χ3n) is 5.08. The maximum Gasteiger partial charge on any atom is 0.175 e. The number of benzene rings is 3. The number of rotatable bonds is 4. The van der Waals surface area contributed by atoms with Gasteiger partial charge < -0.3 is 0 Å². The van der Waals surface area contributed by atoms with Crippen molar-refractivity contribution in [2.24, 2.45) is 4.99 Å². The van der Waals surface area contributed by atoms with Crippen molar-refractivity contribution < 1.29 is 17.2 Å². The summed E-state index contributed by atoms with van der Waals surface area (Å²) in [5, 5.41) is -0.563. The second-order valence-electron chi connectivity index (χ2n) is 6.96. The zero-order valence-electron chi connectivity index (χ0n) is 15.7. The zero-order chi connectivity index (χ0) is 21.5. The number of aliphatic imine (C=N–C) groups is 1. The van der Waals surface area contributed by atoms with Crippen LogP contribution in [0.5, 0.6) is 0 Å². The molecule has 0 amide bonds. The van der Waals surface area contributed by atoms with Crippen molar-refractivity contribution >= 4 is 38.7 Å². The second-order valence-corrected chi connectivity index (χ2v) is 10.3. The Labute approximate surface area is 182 Å². The molecule has 0 radical (unpaired) electrons. The fraction of sp³-hybridized carbons (Fsp3) is 0.136. The van der Waals surface area contributed by atoms with Crippen LogP contribution in [-0.4, -0.2) is 20.2 Å². The first-order valence-corrected chi connectivity index (χ1v) is 12.1. The van der Waals surface area contributed by atoms with Crippen molar-refractivity contribution in [2.45, 2.75) is 15.7 Å². The molecule has 3 nitrogen and oxygen atoms in total. The molecule has 0 bridgehead atoms. The van der Waals surface area contributed by atoms with E-state index in [1.165, 1.54) is 36.0 Å². The summed E-state index contributed by atoms with van der Waals surface area (Å²) in [4.78, 5) is 4.92. The van der Waals surface area contributed by atoms with Gasteiger partial charge >= 0.3 is 0 Å². The standard InChI is InChI=1S/C22H16ClF2NO2S2/c1-30(27,28)20-5-3-2-4-17(20)21-22(26-13-29-21,14-6-9-16(24)10-7-14)15-8-11-19(25)18(23)12-15/h2-13,21H,1H3. The maximum absolute atomic E-state index is 13.9. The molecule has 1 aliphatic heterocycles. The van der Waals surface area contributed by atoms with Gasteiger partial charge in [-0.25, -0.2) is 17.2 Å². The molecule has 8 heteroatoms. The van der Waals surface area contributed by atoms with E-state index < -0.39 is 32.3 Å². The van der Waals surface area contributed by atoms with Crippen LogP contribution in [0.3, 0.4) is 0 Å². The van der Waals surface area contributed by atoms with Crippen LogP contribution in [0.1, 0.15) is 21.9 Å². The lowest BCUT2D eigenvalue weighted by atomic mass is 9.78. The van der Waals surface area contributed by atoms with Gasteiger partial charge in [-0.05, 0) is 47.0 Å². The fourth-order valence-corrected chi connectivity index (χ4v) is 6.16. The highest BCUT2D eigenvalue weighted by Gasteiger charge is 2.47. The summed E-state index contributed by atoms with van der Waals surface area (Å²) in [5.41, 5.74) is 2.31. The molecule has 154 valence electrons. The van der Waals surface area contributed by atoms with Crippen LogP contribution in [-0.2, 0) is 15.4 Å². The smallest absolute Gasteiger partial charge is 0.175 e. The molecular formula is C22H16ClF2NO2S2. The lowest BCUT2D eigenvalue weighted by Crippen LogP contribution is -2.30. The predicted octanol–water partition coefficient (Wildman–Crippen LogP) is 5.78. The average Bonchev–Trinajstić information content (AvgIpc) is 3.16. The average molecular weight is 464 g/mol. The van der Waals surface area contributed by atoms with Gasteiger partial charge in [-0.1, -0.05) is 48.0 Å². The molecule has 1 aliphatic rings. The third kappa shape index (κ3) is 3.55. The van der Waals surface area contributed by atoms with E-state index in [2.05, 4.69) is 0 Å². The Balaban J connectivity index is 2.02. The minimum absolute atomic E-state index is 0.0729. The Morgan fingerprint density at radius 3 is 2.33 bits per heavy atom. The molecule has 3 aromatic rings. The van der Waals surface area contributed by atoms with E-state index in [0.717, 1.165) is 6.26 Å². The zero-order valence-corrected chi connectivity index (χ0v) is 18.1. The highest BCUT2D eigenvalue weighted by Crippen LogP contribution is 2.56. The summed E-state index contributed by atoms with van der Waals surface area (Å²) < 4.78 is 52.5. The van der Waals surface area contributed by atoms with Gasteiger partial charge in [0.25, 0.3) is 0 Å². The van der Waals surface area contributed by atoms with E-state index in [1.807, 2.05) is 0 Å². The van der Waals surface area contributed by atoms with Crippen molar-refractivity contribution in [2.75, 3.05) is 6.26 Å². The van der Waals surface area contributed by atoms with Crippen LogP contribution >= 0.6 is 23.4 Å². The van der Waals surface area contributed by atoms with Crippen LogP contribution in [0.25, 0.3) is 0 Å². The highest BCUT2D eigenvalue weighted by molar-refractivity contribution is 8.12. The van der Waals surface area contributed by atoms with E-state index in [9.17, 15) is 17.2 Å². The monoisotopic (exact) mass is 463 g/mol. The number of hydrogen-bond acceptors (Lipinski definition) is 4. The normalized spacial score (nSPS) is 21.1. The number of halogens is 3. The molecule has 0 aliphatic carbocycles. The molecule has 0 spiro atoms. The molecule has 0 fully saturated rings. The summed E-state index contributed by atoms with van der Waals surface area (Å²) in [7, 11) is -3.52. The van der Waals surface area contributed by atoms with E-state index in [0.29, 0.717) is 16.7 Å². The molecule has 0 saturated carbocycles. The molecule has 2 unspecified atom stereocenters. The van der Waals surface area contributed by atoms with Crippen LogP contribution in [0, 0.1) is 11.6 Å². The van der Waals surface area contributed by atoms with E-state index in [4.69, 9.17) is 16.6 Å². The van der Waals surface area contributed by atoms with Gasteiger partial charge in [0.15, 0.2) is 9.84 Å². The first-order valence-electron chi connectivity index (χ1n) is 8.93. The van der Waals surface area contributed by atoms with Crippen molar-refractivity contribution in [3.63, 3.8) is 0 Å². The Bertz CT molecular complexity index is 1250. The predicted molar refractivity (Wildman–Crippen MR) is 117 cm³/mol. The van der Waals surface area contributed by atoms with Crippen LogP contribution in [0.4, 0.5) is 8.78 Å². The van der Waals surface area contributed by atoms with Gasteiger partial charge in [0, 0.05) is 6.26 Å². The van der Waals surface area contributed by atoms with E-state index >= 15 is 0 Å². The molecule has 2 atom stereocenters. The summed E-state index contributed by atoms with van der Waals surface area (Å²) in [5.74, 6) is -0.980. The SMILES string of the molecule is CS(=O)(=O)c1ccccc1C1SC=NC1(c1ccc(F)cc1)c1ccc(F)c(Cl)c1. The number of sulfone groups is 1. The van der Waals surface area contributed by atoms with Crippen LogP contribution < -0.4 is 0 Å². The molecular weight excluding hydrogens is 448 g/mol. The Kier molecular flexibility index (Phi) is 5.46. The fourth-order valence-electron chi connectivity index (χ4n) is 3.73. The van der Waals surface area contributed by atoms with Crippen molar-refractivity contribution in [1.82, 2.24) is 0 Å². The second kappa shape index (κ2) is 7.80. The van der Waals surface area contributed by atoms with Crippen LogP contribution in [0.2, 0.25) is 5.02 Å². The summed E-state index contributed by atoms with van der Waals surface area (Å²) in [6.07, 6.45) is 1.15. The minimum atomic E-state index is -3.52. The topological polar surface area (TPSA) is 46.5 Å². The summed E-state index contributed by atoms with van der Waals surface area (Å²) >= 11 is 7.42. The highest BCUT2D eigenvalue weighted by atomic mass is 35.5. The van der Waals surface area contributed by atoms with Gasteiger partial charge in [-0.3, -0.25) is 4.99 Å². The van der Waals surface area contributed by atoms with Gasteiger partial charge in [-0.15, -0.1) is 11.8 Å². The molecule has 0 aromatic heterocycles. The first kappa shape index (κ1) is 21.0. The lowest BCUT2D eigenvalue weighted by molar-refractivity contribution is 0.528. The van der Waals surface area contributed by atoms with Gasteiger partial charge in [0.05, 0.1) is 20.7 Å². The molecule has 30 heavy (non-hydrogen) atoms. The summed E-state index contributed by atoms with van der Waals surface area (Å²) in [6, 6.07) is 16.9. The van der Waals surface area contributed by atoms with Crippen molar-refractivity contribution in [3.8, 4) is 0 Å². The summed E-state index contributed by atoms with van der Waals surface area (Å²) in [6.45, 7) is 0. The van der Waals surface area contributed by atoms with E-state index in [-0.39, 0.29) is 9.92 Å². The first-order chi connectivity index (χ1) is 14.2. The molecule has 0 N–H and O–H groups in total. The van der Waals surface area contributed by atoms with Gasteiger partial charge in [-0.2, -0.15) is 0 Å². The van der Waals surface area contributed by atoms with Gasteiger partial charge in [0.2, 0.25) is 0 Å². The molecule has 0 saturated heterocycles. The minimum Gasteiger partial charge on any atom is -0.269 e. The quantitative estimate of drug-likeness (QED) is 0.492. The Morgan fingerprint density at radius 2 is 1.67 bits per heavy atom. The van der Waals surface area contributed by atoms with Gasteiger partial charge in [0.1, 0.15) is 17.2 Å². The van der Waals surface area contributed by atoms with E-state index in [1.54, 1.807) is 48.0 Å². The number of thioether (sulfide) groups is 1. The Hall–Kier alpha value is -2.22. The van der Waals surface area contributed by atoms with Crippen molar-refractivity contribution in [3.05, 3.63) is 100 Å². The van der Waals surface area contributed by atoms with Crippen LogP contribution in [0.15, 0.2) is 76.6 Å². The molecule has 1 heterocycles. The van der Waals surface area contributed by atoms with Crippen molar-refractivity contribution in [1.29, 1.82) is 0 Å². The third-order valence-corrected chi connectivity index (χ3v) is 7.63. The largest absolute Gasteiger partial charge is 0.269 e. The maximum atomic E-state index is 13.9. The Morgan fingerprint density at radius 1 is 1.00 bits per heavy atom. The lowest BCUT2D eigenvalue weighted by Gasteiger charge is -2.35. The molecule has 3 aromatic carbocycles. The number of nitrogens with zero attached hydrogens (tertiary/aromatic N) is 1. The number of hydrogen-bond donors (Lipinski definition) is 0. The molecule has 4 rings (SSSR count).